The maximum atomic E-state index is 11.1. The maximum absolute atomic E-state index is 11.1. The molecule has 0 heterocycles. The van der Waals surface area contributed by atoms with E-state index in [-0.39, 0.29) is 5.56 Å². The monoisotopic (exact) mass is 254 g/mol. The first-order chi connectivity index (χ1) is 8.69. The van der Waals surface area contributed by atoms with Crippen LogP contribution in [0.25, 0.3) is 0 Å². The molecule has 1 aromatic carbocycles. The zero-order chi connectivity index (χ0) is 13.4. The number of carboxylic acid groups (broad SMARTS) is 1. The number of carbonyl (C=O) groups is 1. The van der Waals surface area contributed by atoms with E-state index in [2.05, 4.69) is 0 Å². The fraction of sp³-hybridized carbons (Fsp3) is 0.462. The number of benzene rings is 1. The molecule has 0 radical (unpaired) electrons. The molecule has 1 N–H and O–H groups in total. The van der Waals surface area contributed by atoms with Crippen LogP contribution in [-0.2, 0) is 4.74 Å². The van der Waals surface area contributed by atoms with Gasteiger partial charge in [0.1, 0.15) is 17.1 Å². The van der Waals surface area contributed by atoms with E-state index in [1.807, 2.05) is 6.92 Å². The summed E-state index contributed by atoms with van der Waals surface area (Å²) in [5.74, 6) is -0.192. The summed E-state index contributed by atoms with van der Waals surface area (Å²) >= 11 is 0. The van der Waals surface area contributed by atoms with Crippen LogP contribution in [0.15, 0.2) is 18.2 Å². The van der Waals surface area contributed by atoms with E-state index in [0.29, 0.717) is 31.3 Å². The number of carboxylic acids is 1. The molecule has 0 aromatic heterocycles. The minimum absolute atomic E-state index is 0.103. The van der Waals surface area contributed by atoms with E-state index >= 15 is 0 Å². The van der Waals surface area contributed by atoms with Crippen LogP contribution in [0.1, 0.15) is 23.7 Å². The van der Waals surface area contributed by atoms with E-state index in [4.69, 9.17) is 19.3 Å². The topological polar surface area (TPSA) is 65.0 Å². The summed E-state index contributed by atoms with van der Waals surface area (Å²) in [7, 11) is 1.49. The lowest BCUT2D eigenvalue weighted by Crippen LogP contribution is -2.07. The molecule has 0 aliphatic heterocycles. The minimum atomic E-state index is -1.03. The van der Waals surface area contributed by atoms with Crippen LogP contribution in [0.5, 0.6) is 11.5 Å². The van der Waals surface area contributed by atoms with E-state index < -0.39 is 5.97 Å². The first-order valence-corrected chi connectivity index (χ1v) is 5.81. The Morgan fingerprint density at radius 3 is 2.72 bits per heavy atom. The summed E-state index contributed by atoms with van der Waals surface area (Å²) in [5.41, 5.74) is 0.103. The summed E-state index contributed by atoms with van der Waals surface area (Å²) in [4.78, 5) is 11.1. The van der Waals surface area contributed by atoms with Crippen molar-refractivity contribution in [3.8, 4) is 11.5 Å². The van der Waals surface area contributed by atoms with Crippen LogP contribution in [0, 0.1) is 0 Å². The van der Waals surface area contributed by atoms with Gasteiger partial charge in [0.2, 0.25) is 0 Å². The number of hydrogen-bond donors (Lipinski definition) is 1. The summed E-state index contributed by atoms with van der Waals surface area (Å²) in [6.45, 7) is 3.62. The Labute approximate surface area is 106 Å². The molecule has 0 aliphatic carbocycles. The number of rotatable bonds is 8. The van der Waals surface area contributed by atoms with Crippen molar-refractivity contribution in [2.45, 2.75) is 13.3 Å². The van der Waals surface area contributed by atoms with Crippen molar-refractivity contribution in [2.75, 3.05) is 26.9 Å². The van der Waals surface area contributed by atoms with Crippen LogP contribution < -0.4 is 9.47 Å². The van der Waals surface area contributed by atoms with Crippen molar-refractivity contribution >= 4 is 5.97 Å². The van der Waals surface area contributed by atoms with Gasteiger partial charge in [-0.05, 0) is 25.1 Å². The molecule has 1 rings (SSSR count). The molecule has 100 valence electrons. The highest BCUT2D eigenvalue weighted by Gasteiger charge is 2.12. The highest BCUT2D eigenvalue weighted by atomic mass is 16.5. The zero-order valence-corrected chi connectivity index (χ0v) is 10.6. The van der Waals surface area contributed by atoms with Crippen molar-refractivity contribution in [2.24, 2.45) is 0 Å². The van der Waals surface area contributed by atoms with Crippen molar-refractivity contribution in [3.05, 3.63) is 23.8 Å². The van der Waals surface area contributed by atoms with Crippen molar-refractivity contribution in [1.29, 1.82) is 0 Å². The Kier molecular flexibility index (Phi) is 6.00. The summed E-state index contributed by atoms with van der Waals surface area (Å²) in [5, 5.41) is 9.07. The largest absolute Gasteiger partial charge is 0.497 e. The Morgan fingerprint density at radius 2 is 2.11 bits per heavy atom. The predicted octanol–water partition coefficient (Wildman–Crippen LogP) is 2.20. The molecule has 0 saturated carbocycles. The first kappa shape index (κ1) is 14.3. The van der Waals surface area contributed by atoms with E-state index in [1.54, 1.807) is 12.1 Å². The maximum Gasteiger partial charge on any atom is 0.339 e. The molecule has 0 saturated heterocycles. The highest BCUT2D eigenvalue weighted by molar-refractivity contribution is 5.91. The van der Waals surface area contributed by atoms with Crippen molar-refractivity contribution < 1.29 is 24.1 Å². The van der Waals surface area contributed by atoms with Gasteiger partial charge in [-0.2, -0.15) is 0 Å². The second kappa shape index (κ2) is 7.55. The van der Waals surface area contributed by atoms with Gasteiger partial charge in [0.25, 0.3) is 0 Å². The third kappa shape index (κ3) is 4.25. The van der Waals surface area contributed by atoms with Gasteiger partial charge in [-0.1, -0.05) is 0 Å². The molecule has 0 bridgehead atoms. The molecule has 0 aliphatic rings. The van der Waals surface area contributed by atoms with E-state index in [1.165, 1.54) is 13.2 Å². The van der Waals surface area contributed by atoms with Gasteiger partial charge in [0, 0.05) is 19.6 Å². The van der Waals surface area contributed by atoms with Gasteiger partial charge in [-0.15, -0.1) is 0 Å². The summed E-state index contributed by atoms with van der Waals surface area (Å²) < 4.78 is 15.6. The quantitative estimate of drug-likeness (QED) is 0.720. The molecule has 5 heteroatoms. The van der Waals surface area contributed by atoms with Gasteiger partial charge < -0.3 is 19.3 Å². The third-order valence-corrected chi connectivity index (χ3v) is 2.31. The molecule has 0 fully saturated rings. The lowest BCUT2D eigenvalue weighted by Gasteiger charge is -2.10. The molecule has 1 aromatic rings. The molecule has 5 nitrogen and oxygen atoms in total. The fourth-order valence-corrected chi connectivity index (χ4v) is 1.42. The van der Waals surface area contributed by atoms with Crippen LogP contribution in [0.4, 0.5) is 0 Å². The number of ether oxygens (including phenoxy) is 3. The molecule has 18 heavy (non-hydrogen) atoms. The van der Waals surface area contributed by atoms with Crippen LogP contribution in [-0.4, -0.2) is 38.0 Å². The number of aromatic carboxylic acids is 1. The second-order valence-corrected chi connectivity index (χ2v) is 3.57. The smallest absolute Gasteiger partial charge is 0.339 e. The van der Waals surface area contributed by atoms with Gasteiger partial charge in [0.05, 0.1) is 13.7 Å². The lowest BCUT2D eigenvalue weighted by molar-refractivity contribution is 0.0691. The van der Waals surface area contributed by atoms with Crippen molar-refractivity contribution in [1.82, 2.24) is 0 Å². The Morgan fingerprint density at radius 1 is 1.33 bits per heavy atom. The molecule has 0 amide bonds. The average Bonchev–Trinajstić information content (AvgIpc) is 2.38. The molecule has 0 spiro atoms. The fourth-order valence-electron chi connectivity index (χ4n) is 1.42. The third-order valence-electron chi connectivity index (χ3n) is 2.31. The highest BCUT2D eigenvalue weighted by Crippen LogP contribution is 2.24. The SMILES string of the molecule is CCOCCCOc1ccc(OC)cc1C(=O)O. The Hall–Kier alpha value is -1.75. The Balaban J connectivity index is 2.61. The Bertz CT molecular complexity index is 389. The zero-order valence-electron chi connectivity index (χ0n) is 10.6. The van der Waals surface area contributed by atoms with E-state index in [9.17, 15) is 4.79 Å². The summed E-state index contributed by atoms with van der Waals surface area (Å²) in [6, 6.07) is 4.72. The molecule has 0 atom stereocenters. The lowest BCUT2D eigenvalue weighted by atomic mass is 10.2. The van der Waals surface area contributed by atoms with Crippen molar-refractivity contribution in [3.63, 3.8) is 0 Å². The predicted molar refractivity (Wildman–Crippen MR) is 66.6 cm³/mol. The average molecular weight is 254 g/mol. The first-order valence-electron chi connectivity index (χ1n) is 5.81. The van der Waals surface area contributed by atoms with Crippen LogP contribution in [0.3, 0.4) is 0 Å². The number of methoxy groups -OCH3 is 1. The molecular weight excluding hydrogens is 236 g/mol. The molecule has 0 unspecified atom stereocenters. The van der Waals surface area contributed by atoms with Crippen LogP contribution >= 0.6 is 0 Å². The van der Waals surface area contributed by atoms with Gasteiger partial charge in [-0.25, -0.2) is 4.79 Å². The number of hydrogen-bond acceptors (Lipinski definition) is 4. The second-order valence-electron chi connectivity index (χ2n) is 3.57. The van der Waals surface area contributed by atoms with Gasteiger partial charge in [0.15, 0.2) is 0 Å². The normalized spacial score (nSPS) is 10.1. The van der Waals surface area contributed by atoms with Gasteiger partial charge in [-0.3, -0.25) is 0 Å². The van der Waals surface area contributed by atoms with E-state index in [0.717, 1.165) is 6.42 Å². The minimum Gasteiger partial charge on any atom is -0.497 e. The van der Waals surface area contributed by atoms with Gasteiger partial charge >= 0.3 is 5.97 Å². The van der Waals surface area contributed by atoms with Crippen LogP contribution in [0.2, 0.25) is 0 Å². The standard InChI is InChI=1S/C13H18O5/c1-3-17-7-4-8-18-12-6-5-10(16-2)9-11(12)13(14)15/h5-6,9H,3-4,7-8H2,1-2H3,(H,14,15). The molecular formula is C13H18O5. The summed E-state index contributed by atoms with van der Waals surface area (Å²) in [6.07, 6.45) is 0.721.